The van der Waals surface area contributed by atoms with Crippen molar-refractivity contribution in [3.8, 4) is 5.75 Å². The van der Waals surface area contributed by atoms with Crippen LogP contribution in [0.2, 0.25) is 10.0 Å². The first-order chi connectivity index (χ1) is 16.4. The predicted molar refractivity (Wildman–Crippen MR) is 138 cm³/mol. The number of methoxy groups -OCH3 is 1. The molecule has 180 valence electrons. The maximum Gasteiger partial charge on any atom is 0.341 e. The molecule has 1 fully saturated rings. The minimum atomic E-state index is -0.466. The smallest absolute Gasteiger partial charge is 0.341 e. The van der Waals surface area contributed by atoms with Crippen molar-refractivity contribution in [3.05, 3.63) is 52.1 Å². The van der Waals surface area contributed by atoms with Crippen LogP contribution in [0, 0.1) is 0 Å². The van der Waals surface area contributed by atoms with Crippen LogP contribution in [-0.2, 0) is 4.74 Å². The molecule has 0 radical (unpaired) electrons. The third kappa shape index (κ3) is 5.02. The highest BCUT2D eigenvalue weighted by atomic mass is 35.5. The van der Waals surface area contributed by atoms with Crippen molar-refractivity contribution >= 4 is 57.1 Å². The van der Waals surface area contributed by atoms with Crippen LogP contribution in [0.4, 0.5) is 17.1 Å². The fraction of sp³-hybridized carbons (Fsp3) is 0.360. The quantitative estimate of drug-likeness (QED) is 0.439. The molecule has 3 aromatic rings. The van der Waals surface area contributed by atoms with Gasteiger partial charge in [0.25, 0.3) is 0 Å². The number of aromatic nitrogens is 1. The van der Waals surface area contributed by atoms with Crippen LogP contribution in [0.3, 0.4) is 0 Å². The van der Waals surface area contributed by atoms with Gasteiger partial charge in [-0.2, -0.15) is 0 Å². The zero-order valence-electron chi connectivity index (χ0n) is 19.5. The summed E-state index contributed by atoms with van der Waals surface area (Å²) >= 11 is 12.7. The minimum Gasteiger partial charge on any atom is -0.495 e. The summed E-state index contributed by atoms with van der Waals surface area (Å²) in [5.74, 6) is 0.270. The normalized spacial score (nSPS) is 14.7. The van der Waals surface area contributed by atoms with Crippen LogP contribution in [0.1, 0.15) is 23.7 Å². The van der Waals surface area contributed by atoms with Gasteiger partial charge in [0.15, 0.2) is 0 Å². The summed E-state index contributed by atoms with van der Waals surface area (Å²) < 4.78 is 11.0. The van der Waals surface area contributed by atoms with Crippen molar-refractivity contribution in [2.24, 2.45) is 0 Å². The molecule has 34 heavy (non-hydrogen) atoms. The van der Waals surface area contributed by atoms with Gasteiger partial charge in [0, 0.05) is 37.3 Å². The SMILES string of the molecule is CCOC(=O)c1cnc2cc(OC)c(N3CCCN(C)CC3)cc2c1Nc1cccc(Cl)c1Cl. The maximum absolute atomic E-state index is 12.8. The molecule has 4 rings (SSSR count). The van der Waals surface area contributed by atoms with E-state index in [1.807, 2.05) is 18.2 Å². The number of nitrogens with one attached hydrogen (secondary N) is 1. The Kier molecular flexibility index (Phi) is 7.66. The van der Waals surface area contributed by atoms with Gasteiger partial charge in [0.1, 0.15) is 11.3 Å². The van der Waals surface area contributed by atoms with E-state index in [-0.39, 0.29) is 6.61 Å². The van der Waals surface area contributed by atoms with E-state index in [4.69, 9.17) is 32.7 Å². The Morgan fingerprint density at radius 2 is 2.00 bits per heavy atom. The Morgan fingerprint density at radius 3 is 2.76 bits per heavy atom. The number of halogens is 2. The molecule has 1 aromatic heterocycles. The summed E-state index contributed by atoms with van der Waals surface area (Å²) in [6.07, 6.45) is 2.56. The van der Waals surface area contributed by atoms with Gasteiger partial charge >= 0.3 is 5.97 Å². The van der Waals surface area contributed by atoms with E-state index < -0.39 is 5.97 Å². The van der Waals surface area contributed by atoms with Crippen molar-refractivity contribution in [2.45, 2.75) is 13.3 Å². The number of anilines is 3. The number of esters is 1. The lowest BCUT2D eigenvalue weighted by Crippen LogP contribution is -2.29. The van der Waals surface area contributed by atoms with Crippen LogP contribution in [0.25, 0.3) is 10.9 Å². The zero-order valence-corrected chi connectivity index (χ0v) is 21.0. The monoisotopic (exact) mass is 502 g/mol. The molecule has 1 N–H and O–H groups in total. The van der Waals surface area contributed by atoms with Crippen LogP contribution < -0.4 is 15.0 Å². The number of hydrogen-bond donors (Lipinski definition) is 1. The molecule has 0 saturated carbocycles. The number of fused-ring (bicyclic) bond motifs is 1. The molecule has 0 spiro atoms. The van der Waals surface area contributed by atoms with E-state index in [1.165, 1.54) is 6.20 Å². The number of likely N-dealkylation sites (N-methyl/N-ethyl adjacent to an activating group) is 1. The third-order valence-electron chi connectivity index (χ3n) is 5.94. The zero-order chi connectivity index (χ0) is 24.2. The van der Waals surface area contributed by atoms with E-state index in [0.717, 1.165) is 49.4 Å². The number of benzene rings is 2. The van der Waals surface area contributed by atoms with Gasteiger partial charge in [-0.15, -0.1) is 0 Å². The van der Waals surface area contributed by atoms with Crippen LogP contribution in [-0.4, -0.2) is 62.8 Å². The van der Waals surface area contributed by atoms with Crippen LogP contribution >= 0.6 is 23.2 Å². The number of nitrogens with zero attached hydrogens (tertiary/aromatic N) is 3. The number of carbonyl (C=O) groups excluding carboxylic acids is 1. The first-order valence-electron chi connectivity index (χ1n) is 11.2. The van der Waals surface area contributed by atoms with Crippen molar-refractivity contribution in [3.63, 3.8) is 0 Å². The van der Waals surface area contributed by atoms with Gasteiger partial charge in [-0.1, -0.05) is 29.3 Å². The van der Waals surface area contributed by atoms with E-state index in [0.29, 0.717) is 32.5 Å². The number of pyridine rings is 1. The molecule has 7 nitrogen and oxygen atoms in total. The summed E-state index contributed by atoms with van der Waals surface area (Å²) in [5, 5.41) is 4.87. The van der Waals surface area contributed by atoms with E-state index in [9.17, 15) is 4.79 Å². The lowest BCUT2D eigenvalue weighted by atomic mass is 10.1. The molecule has 9 heteroatoms. The molecule has 2 heterocycles. The molecule has 1 saturated heterocycles. The highest BCUT2D eigenvalue weighted by Gasteiger charge is 2.22. The Balaban J connectivity index is 1.90. The lowest BCUT2D eigenvalue weighted by molar-refractivity contribution is 0.0527. The second-order valence-corrected chi connectivity index (χ2v) is 8.96. The number of ether oxygens (including phenoxy) is 2. The van der Waals surface area contributed by atoms with Gasteiger partial charge in [-0.3, -0.25) is 4.98 Å². The lowest BCUT2D eigenvalue weighted by Gasteiger charge is -2.26. The average molecular weight is 503 g/mol. The molecule has 2 aromatic carbocycles. The maximum atomic E-state index is 12.8. The molecule has 0 bridgehead atoms. The second kappa shape index (κ2) is 10.7. The van der Waals surface area contributed by atoms with Crippen LogP contribution in [0.5, 0.6) is 5.75 Å². The first-order valence-corrected chi connectivity index (χ1v) is 12.0. The molecule has 0 atom stereocenters. The van der Waals surface area contributed by atoms with Gasteiger partial charge in [0.05, 0.1) is 46.3 Å². The highest BCUT2D eigenvalue weighted by Crippen LogP contribution is 2.40. The summed E-state index contributed by atoms with van der Waals surface area (Å²) in [4.78, 5) is 22.0. The van der Waals surface area contributed by atoms with Crippen LogP contribution in [0.15, 0.2) is 36.5 Å². The van der Waals surface area contributed by atoms with Crippen molar-refractivity contribution in [2.75, 3.05) is 57.2 Å². The van der Waals surface area contributed by atoms with Crippen molar-refractivity contribution in [1.82, 2.24) is 9.88 Å². The molecule has 1 aliphatic heterocycles. The summed E-state index contributed by atoms with van der Waals surface area (Å²) in [7, 11) is 3.79. The minimum absolute atomic E-state index is 0.253. The standard InChI is InChI=1S/C25H28Cl2N4O3/c1-4-34-25(32)17-15-28-20-14-22(33-3)21(31-10-6-9-30(2)11-12-31)13-16(20)24(17)29-19-8-5-7-18(26)23(19)27/h5,7-8,13-15H,4,6,9-12H2,1-3H3,(H,28,29). The molecular formula is C25H28Cl2N4O3. The van der Waals surface area contributed by atoms with Crippen molar-refractivity contribution < 1.29 is 14.3 Å². The largest absolute Gasteiger partial charge is 0.495 e. The first kappa shape index (κ1) is 24.4. The number of rotatable bonds is 6. The fourth-order valence-electron chi connectivity index (χ4n) is 4.14. The van der Waals surface area contributed by atoms with E-state index in [1.54, 1.807) is 26.2 Å². The Bertz CT molecular complexity index is 1200. The topological polar surface area (TPSA) is 66.9 Å². The predicted octanol–water partition coefficient (Wildman–Crippen LogP) is 5.61. The Labute approximate surface area is 209 Å². The molecule has 0 aliphatic carbocycles. The molecule has 0 amide bonds. The second-order valence-electron chi connectivity index (χ2n) is 8.18. The summed E-state index contributed by atoms with van der Waals surface area (Å²) in [6, 6.07) is 9.25. The van der Waals surface area contributed by atoms with E-state index >= 15 is 0 Å². The molecule has 0 unspecified atom stereocenters. The summed E-state index contributed by atoms with van der Waals surface area (Å²) in [5.41, 5.74) is 3.09. The van der Waals surface area contributed by atoms with Gasteiger partial charge in [-0.25, -0.2) is 4.79 Å². The highest BCUT2D eigenvalue weighted by molar-refractivity contribution is 6.43. The van der Waals surface area contributed by atoms with Crippen molar-refractivity contribution in [1.29, 1.82) is 0 Å². The fourth-order valence-corrected chi connectivity index (χ4v) is 4.49. The third-order valence-corrected chi connectivity index (χ3v) is 6.75. The van der Waals surface area contributed by atoms with E-state index in [2.05, 4.69) is 27.1 Å². The van der Waals surface area contributed by atoms with Gasteiger partial charge in [0.2, 0.25) is 0 Å². The Hall–Kier alpha value is -2.74. The summed E-state index contributed by atoms with van der Waals surface area (Å²) in [6.45, 7) is 5.79. The number of carbonyl (C=O) groups is 1. The van der Waals surface area contributed by atoms with Gasteiger partial charge < -0.3 is 24.6 Å². The molecular weight excluding hydrogens is 475 g/mol. The van der Waals surface area contributed by atoms with Gasteiger partial charge in [-0.05, 0) is 45.1 Å². The Morgan fingerprint density at radius 1 is 1.18 bits per heavy atom. The number of hydrogen-bond acceptors (Lipinski definition) is 7. The molecule has 1 aliphatic rings. The average Bonchev–Trinajstić information content (AvgIpc) is 3.05.